The highest BCUT2D eigenvalue weighted by Gasteiger charge is 2.38. The fraction of sp³-hybridized carbons (Fsp3) is 0.192. The Morgan fingerprint density at radius 1 is 0.943 bits per heavy atom. The second-order valence-electron chi connectivity index (χ2n) is 7.99. The third-order valence-corrected chi connectivity index (χ3v) is 7.04. The second-order valence-corrected chi connectivity index (χ2v) is 9.10. The number of carbonyl (C=O) groups excluding carboxylic acids is 1. The van der Waals surface area contributed by atoms with Crippen LogP contribution in [0.15, 0.2) is 84.0 Å². The van der Waals surface area contributed by atoms with Crippen molar-refractivity contribution in [2.24, 2.45) is 0 Å². The Bertz CT molecular complexity index is 1290. The number of nitrogens with zero attached hydrogens (tertiary/aromatic N) is 3. The van der Waals surface area contributed by atoms with Crippen LogP contribution in [-0.4, -0.2) is 40.3 Å². The van der Waals surface area contributed by atoms with Gasteiger partial charge in [0.2, 0.25) is 11.1 Å². The van der Waals surface area contributed by atoms with Crippen molar-refractivity contribution in [3.8, 4) is 22.9 Å². The minimum Gasteiger partial charge on any atom is -0.497 e. The fourth-order valence-corrected chi connectivity index (χ4v) is 5.03. The first kappa shape index (κ1) is 22.8. The molecule has 9 heteroatoms. The zero-order valence-corrected chi connectivity index (χ0v) is 20.2. The summed E-state index contributed by atoms with van der Waals surface area (Å²) in [6.45, 7) is 0.414. The Hall–Kier alpha value is -3.98. The Balaban J connectivity index is 1.42. The normalized spacial score (nSPS) is 16.6. The molecule has 8 nitrogen and oxygen atoms in total. The van der Waals surface area contributed by atoms with Crippen LogP contribution in [0.5, 0.6) is 11.5 Å². The number of hydrogen-bond acceptors (Lipinski definition) is 7. The average Bonchev–Trinajstić information content (AvgIpc) is 3.35. The van der Waals surface area contributed by atoms with Gasteiger partial charge in [0.05, 0.1) is 20.3 Å². The van der Waals surface area contributed by atoms with E-state index in [-0.39, 0.29) is 11.9 Å². The van der Waals surface area contributed by atoms with Gasteiger partial charge < -0.3 is 20.2 Å². The zero-order valence-electron chi connectivity index (χ0n) is 19.3. The first-order valence-corrected chi connectivity index (χ1v) is 12.0. The molecule has 0 radical (unpaired) electrons. The molecule has 0 fully saturated rings. The molecule has 3 aromatic carbocycles. The van der Waals surface area contributed by atoms with Crippen LogP contribution in [0.4, 0.5) is 0 Å². The van der Waals surface area contributed by atoms with Crippen LogP contribution >= 0.6 is 11.8 Å². The third kappa shape index (κ3) is 4.81. The number of methoxy groups -OCH3 is 2. The average molecular weight is 488 g/mol. The summed E-state index contributed by atoms with van der Waals surface area (Å²) in [5, 5.41) is 12.0. The number of nitrogens with one attached hydrogen (secondary N) is 2. The highest BCUT2D eigenvalue weighted by Crippen LogP contribution is 2.39. The van der Waals surface area contributed by atoms with E-state index >= 15 is 0 Å². The molecule has 0 aliphatic carbocycles. The summed E-state index contributed by atoms with van der Waals surface area (Å²) in [6.07, 6.45) is 0. The van der Waals surface area contributed by atoms with Gasteiger partial charge in [-0.25, -0.2) is 4.68 Å². The number of hydrogen-bond donors (Lipinski definition) is 2. The van der Waals surface area contributed by atoms with Crippen LogP contribution in [0.25, 0.3) is 11.4 Å². The standard InChI is InChI=1S/C26H25N5O3S/c1-33-20-12-8-17(9-13-20)16-27-25(32)23-22(18-10-14-21(34-2)15-11-18)30-31-24(28-29-26(31)35-23)19-6-4-3-5-7-19/h3-15,22-23,30H,16H2,1-2H3,(H,27,32). The molecule has 2 unspecified atom stereocenters. The lowest BCUT2D eigenvalue weighted by atomic mass is 10.0. The van der Waals surface area contributed by atoms with Crippen LogP contribution in [0.1, 0.15) is 17.2 Å². The van der Waals surface area contributed by atoms with Gasteiger partial charge in [-0.15, -0.1) is 10.2 Å². The van der Waals surface area contributed by atoms with E-state index in [1.165, 1.54) is 11.8 Å². The number of amides is 1. The lowest BCUT2D eigenvalue weighted by Crippen LogP contribution is -2.43. The molecule has 2 heterocycles. The maximum atomic E-state index is 13.4. The number of fused-ring (bicyclic) bond motifs is 1. The Kier molecular flexibility index (Phi) is 6.58. The number of thioether (sulfide) groups is 1. The highest BCUT2D eigenvalue weighted by atomic mass is 32.2. The molecule has 0 saturated heterocycles. The van der Waals surface area contributed by atoms with E-state index in [9.17, 15) is 4.79 Å². The fourth-order valence-electron chi connectivity index (χ4n) is 3.92. The van der Waals surface area contributed by atoms with Gasteiger partial charge in [-0.3, -0.25) is 4.79 Å². The summed E-state index contributed by atoms with van der Waals surface area (Å²) in [5.74, 6) is 2.14. The number of carbonyl (C=O) groups is 1. The molecule has 2 atom stereocenters. The second kappa shape index (κ2) is 10.1. The Morgan fingerprint density at radius 2 is 1.60 bits per heavy atom. The topological polar surface area (TPSA) is 90.3 Å². The van der Waals surface area contributed by atoms with Crippen molar-refractivity contribution in [3.05, 3.63) is 90.0 Å². The first-order chi connectivity index (χ1) is 17.2. The smallest absolute Gasteiger partial charge is 0.236 e. The van der Waals surface area contributed by atoms with Crippen molar-refractivity contribution in [2.45, 2.75) is 23.0 Å². The van der Waals surface area contributed by atoms with Gasteiger partial charge in [-0.1, -0.05) is 66.4 Å². The minimum atomic E-state index is -0.457. The number of benzene rings is 3. The van der Waals surface area contributed by atoms with E-state index in [1.807, 2.05) is 83.5 Å². The largest absolute Gasteiger partial charge is 0.497 e. The van der Waals surface area contributed by atoms with E-state index in [2.05, 4.69) is 20.9 Å². The Morgan fingerprint density at radius 3 is 2.26 bits per heavy atom. The van der Waals surface area contributed by atoms with Crippen molar-refractivity contribution >= 4 is 17.7 Å². The highest BCUT2D eigenvalue weighted by molar-refractivity contribution is 8.00. The van der Waals surface area contributed by atoms with Crippen LogP contribution in [-0.2, 0) is 11.3 Å². The van der Waals surface area contributed by atoms with Gasteiger partial charge in [0.1, 0.15) is 16.7 Å². The molecular formula is C26H25N5O3S. The molecule has 4 aromatic rings. The molecule has 1 aliphatic heterocycles. The van der Waals surface area contributed by atoms with Gasteiger partial charge in [0.25, 0.3) is 0 Å². The lowest BCUT2D eigenvalue weighted by Gasteiger charge is -2.33. The van der Waals surface area contributed by atoms with Crippen LogP contribution in [0.3, 0.4) is 0 Å². The van der Waals surface area contributed by atoms with Crippen molar-refractivity contribution < 1.29 is 14.3 Å². The van der Waals surface area contributed by atoms with E-state index in [0.717, 1.165) is 28.2 Å². The quantitative estimate of drug-likeness (QED) is 0.407. The first-order valence-electron chi connectivity index (χ1n) is 11.1. The molecular weight excluding hydrogens is 462 g/mol. The summed E-state index contributed by atoms with van der Waals surface area (Å²) in [6, 6.07) is 24.9. The summed E-state index contributed by atoms with van der Waals surface area (Å²) in [4.78, 5) is 13.4. The maximum absolute atomic E-state index is 13.4. The maximum Gasteiger partial charge on any atom is 0.236 e. The predicted octanol–water partition coefficient (Wildman–Crippen LogP) is 4.04. The summed E-state index contributed by atoms with van der Waals surface area (Å²) in [5.41, 5.74) is 6.38. The van der Waals surface area contributed by atoms with Crippen molar-refractivity contribution in [1.82, 2.24) is 20.2 Å². The van der Waals surface area contributed by atoms with Crippen molar-refractivity contribution in [1.29, 1.82) is 0 Å². The van der Waals surface area contributed by atoms with Crippen LogP contribution < -0.4 is 20.2 Å². The summed E-state index contributed by atoms with van der Waals surface area (Å²) >= 11 is 1.40. The molecule has 1 amide bonds. The van der Waals surface area contributed by atoms with Gasteiger partial charge in [-0.05, 0) is 35.4 Å². The van der Waals surface area contributed by atoms with Crippen molar-refractivity contribution in [2.75, 3.05) is 19.6 Å². The van der Waals surface area contributed by atoms with Crippen LogP contribution in [0.2, 0.25) is 0 Å². The zero-order chi connectivity index (χ0) is 24.2. The van der Waals surface area contributed by atoms with E-state index in [0.29, 0.717) is 17.5 Å². The van der Waals surface area contributed by atoms with Crippen LogP contribution in [0, 0.1) is 0 Å². The molecule has 1 aromatic heterocycles. The van der Waals surface area contributed by atoms with E-state index < -0.39 is 5.25 Å². The number of aromatic nitrogens is 3. The van der Waals surface area contributed by atoms with E-state index in [1.54, 1.807) is 14.2 Å². The third-order valence-electron chi connectivity index (χ3n) is 5.83. The predicted molar refractivity (Wildman–Crippen MR) is 135 cm³/mol. The van der Waals surface area contributed by atoms with Gasteiger partial charge in [0.15, 0.2) is 5.82 Å². The molecule has 0 saturated carbocycles. The lowest BCUT2D eigenvalue weighted by molar-refractivity contribution is -0.121. The SMILES string of the molecule is COc1ccc(CNC(=O)C2Sc3nnc(-c4ccccc4)n3NC2c2ccc(OC)cc2)cc1. The summed E-state index contributed by atoms with van der Waals surface area (Å²) < 4.78 is 12.4. The molecule has 35 heavy (non-hydrogen) atoms. The van der Waals surface area contributed by atoms with E-state index in [4.69, 9.17) is 9.47 Å². The molecule has 2 N–H and O–H groups in total. The minimum absolute atomic E-state index is 0.0883. The monoisotopic (exact) mass is 487 g/mol. The van der Waals surface area contributed by atoms with Gasteiger partial charge in [-0.2, -0.15) is 0 Å². The molecule has 1 aliphatic rings. The van der Waals surface area contributed by atoms with Crippen molar-refractivity contribution in [3.63, 3.8) is 0 Å². The number of ether oxygens (including phenoxy) is 2. The Labute approximate surface area is 207 Å². The molecule has 178 valence electrons. The molecule has 5 rings (SSSR count). The summed E-state index contributed by atoms with van der Waals surface area (Å²) in [7, 11) is 3.26. The molecule has 0 bridgehead atoms. The van der Waals surface area contributed by atoms with Gasteiger partial charge >= 0.3 is 0 Å². The van der Waals surface area contributed by atoms with Gasteiger partial charge in [0, 0.05) is 12.1 Å². The number of rotatable bonds is 7. The molecule has 0 spiro atoms.